The molecular formula is C15H19N3. The highest BCUT2D eigenvalue weighted by atomic mass is 15.1. The molecule has 1 aliphatic rings. The number of aromatic nitrogens is 2. The zero-order chi connectivity index (χ0) is 12.5. The van der Waals surface area contributed by atoms with E-state index in [1.165, 1.54) is 35.3 Å². The van der Waals surface area contributed by atoms with E-state index >= 15 is 0 Å². The molecule has 3 nitrogen and oxygen atoms in total. The van der Waals surface area contributed by atoms with Crippen molar-refractivity contribution in [2.45, 2.75) is 39.3 Å². The van der Waals surface area contributed by atoms with Crippen LogP contribution in [0, 0.1) is 13.8 Å². The van der Waals surface area contributed by atoms with Gasteiger partial charge in [-0.25, -0.2) is 4.98 Å². The largest absolute Gasteiger partial charge is 0.379 e. The van der Waals surface area contributed by atoms with Gasteiger partial charge in [0.05, 0.1) is 18.6 Å². The third kappa shape index (κ3) is 2.13. The van der Waals surface area contributed by atoms with Crippen LogP contribution < -0.4 is 5.32 Å². The number of benzene rings is 1. The molecular weight excluding hydrogens is 222 g/mol. The highest BCUT2D eigenvalue weighted by Gasteiger charge is 2.24. The van der Waals surface area contributed by atoms with E-state index in [0.29, 0.717) is 6.04 Å². The van der Waals surface area contributed by atoms with Crippen LogP contribution in [0.4, 0.5) is 5.69 Å². The minimum absolute atomic E-state index is 0.697. The SMILES string of the molecule is Cc1cccc(C)c1NCc1cncn1C1CC1. The van der Waals surface area contributed by atoms with Crippen LogP contribution in [0.1, 0.15) is 35.7 Å². The van der Waals surface area contributed by atoms with Crippen molar-refractivity contribution in [3.05, 3.63) is 47.5 Å². The fourth-order valence-electron chi connectivity index (χ4n) is 2.42. The molecule has 0 saturated heterocycles. The van der Waals surface area contributed by atoms with Gasteiger partial charge >= 0.3 is 0 Å². The molecule has 1 aliphatic carbocycles. The summed E-state index contributed by atoms with van der Waals surface area (Å²) in [5.41, 5.74) is 5.13. The number of hydrogen-bond acceptors (Lipinski definition) is 2. The monoisotopic (exact) mass is 241 g/mol. The first-order chi connectivity index (χ1) is 8.75. The lowest BCUT2D eigenvalue weighted by Crippen LogP contribution is -2.07. The van der Waals surface area contributed by atoms with Gasteiger partial charge in [0.2, 0.25) is 0 Å². The Morgan fingerprint density at radius 2 is 2.00 bits per heavy atom. The van der Waals surface area contributed by atoms with E-state index in [0.717, 1.165) is 6.54 Å². The van der Waals surface area contributed by atoms with Crippen LogP contribution >= 0.6 is 0 Å². The first-order valence-electron chi connectivity index (χ1n) is 6.56. The Morgan fingerprint density at radius 1 is 1.28 bits per heavy atom. The highest BCUT2D eigenvalue weighted by molar-refractivity contribution is 5.56. The average molecular weight is 241 g/mol. The van der Waals surface area contributed by atoms with E-state index < -0.39 is 0 Å². The van der Waals surface area contributed by atoms with Crippen LogP contribution in [-0.2, 0) is 6.54 Å². The second-order valence-corrected chi connectivity index (χ2v) is 5.14. The molecule has 3 heteroatoms. The van der Waals surface area contributed by atoms with Crippen LogP contribution in [0.2, 0.25) is 0 Å². The number of para-hydroxylation sites is 1. The van der Waals surface area contributed by atoms with Crippen molar-refractivity contribution in [2.75, 3.05) is 5.32 Å². The fourth-order valence-corrected chi connectivity index (χ4v) is 2.42. The van der Waals surface area contributed by atoms with E-state index in [9.17, 15) is 0 Å². The molecule has 1 aromatic heterocycles. The molecule has 0 unspecified atom stereocenters. The van der Waals surface area contributed by atoms with Crippen LogP contribution in [0.15, 0.2) is 30.7 Å². The number of nitrogens with one attached hydrogen (secondary N) is 1. The number of anilines is 1. The number of hydrogen-bond donors (Lipinski definition) is 1. The molecule has 0 aliphatic heterocycles. The topological polar surface area (TPSA) is 29.9 Å². The summed E-state index contributed by atoms with van der Waals surface area (Å²) in [5, 5.41) is 3.55. The van der Waals surface area contributed by atoms with Crippen LogP contribution in [0.3, 0.4) is 0 Å². The van der Waals surface area contributed by atoms with Gasteiger partial charge in [0, 0.05) is 17.9 Å². The molecule has 1 N–H and O–H groups in total. The Balaban J connectivity index is 1.76. The van der Waals surface area contributed by atoms with Crippen molar-refractivity contribution in [3.8, 4) is 0 Å². The zero-order valence-corrected chi connectivity index (χ0v) is 11.0. The lowest BCUT2D eigenvalue weighted by atomic mass is 10.1. The minimum Gasteiger partial charge on any atom is -0.379 e. The van der Waals surface area contributed by atoms with Crippen LogP contribution in [0.5, 0.6) is 0 Å². The molecule has 0 radical (unpaired) electrons. The first kappa shape index (κ1) is 11.3. The second kappa shape index (κ2) is 4.48. The summed E-state index contributed by atoms with van der Waals surface area (Å²) in [4.78, 5) is 4.26. The normalized spacial score (nSPS) is 14.8. The lowest BCUT2D eigenvalue weighted by Gasteiger charge is -2.13. The van der Waals surface area contributed by atoms with Gasteiger partial charge in [-0.2, -0.15) is 0 Å². The maximum atomic E-state index is 4.26. The van der Waals surface area contributed by atoms with Crippen molar-refractivity contribution >= 4 is 5.69 Å². The Labute approximate surface area is 108 Å². The number of imidazole rings is 1. The predicted octanol–water partition coefficient (Wildman–Crippen LogP) is 3.45. The third-order valence-corrected chi connectivity index (χ3v) is 3.61. The van der Waals surface area contributed by atoms with Gasteiger partial charge in [-0.1, -0.05) is 18.2 Å². The Morgan fingerprint density at radius 3 is 2.67 bits per heavy atom. The van der Waals surface area contributed by atoms with Crippen LogP contribution in [0.25, 0.3) is 0 Å². The molecule has 1 heterocycles. The van der Waals surface area contributed by atoms with Crippen molar-refractivity contribution in [2.24, 2.45) is 0 Å². The number of aryl methyl sites for hydroxylation is 2. The summed E-state index contributed by atoms with van der Waals surface area (Å²) >= 11 is 0. The average Bonchev–Trinajstić information content (AvgIpc) is 3.09. The quantitative estimate of drug-likeness (QED) is 0.888. The van der Waals surface area contributed by atoms with E-state index in [2.05, 4.69) is 46.9 Å². The summed E-state index contributed by atoms with van der Waals surface area (Å²) < 4.78 is 2.31. The molecule has 0 bridgehead atoms. The molecule has 1 saturated carbocycles. The third-order valence-electron chi connectivity index (χ3n) is 3.61. The van der Waals surface area contributed by atoms with E-state index in [4.69, 9.17) is 0 Å². The Hall–Kier alpha value is -1.77. The molecule has 18 heavy (non-hydrogen) atoms. The standard InChI is InChI=1S/C15H19N3/c1-11-4-3-5-12(2)15(11)17-9-14-8-16-10-18(14)13-6-7-13/h3-5,8,10,13,17H,6-7,9H2,1-2H3. The van der Waals surface area contributed by atoms with Gasteiger partial charge in [-0.15, -0.1) is 0 Å². The van der Waals surface area contributed by atoms with Gasteiger partial charge in [0.25, 0.3) is 0 Å². The molecule has 0 amide bonds. The smallest absolute Gasteiger partial charge is 0.0951 e. The van der Waals surface area contributed by atoms with Gasteiger partial charge in [-0.3, -0.25) is 0 Å². The van der Waals surface area contributed by atoms with Crippen LogP contribution in [-0.4, -0.2) is 9.55 Å². The fraction of sp³-hybridized carbons (Fsp3) is 0.400. The minimum atomic E-state index is 0.697. The maximum Gasteiger partial charge on any atom is 0.0951 e. The van der Waals surface area contributed by atoms with Gasteiger partial charge in [0.15, 0.2) is 0 Å². The Bertz CT molecular complexity index is 532. The molecule has 1 aromatic carbocycles. The molecule has 3 rings (SSSR count). The molecule has 0 atom stereocenters. The summed E-state index contributed by atoms with van der Waals surface area (Å²) in [5.74, 6) is 0. The summed E-state index contributed by atoms with van der Waals surface area (Å²) in [6, 6.07) is 7.09. The molecule has 0 spiro atoms. The lowest BCUT2D eigenvalue weighted by molar-refractivity contribution is 0.701. The molecule has 2 aromatic rings. The zero-order valence-electron chi connectivity index (χ0n) is 11.0. The molecule has 1 fully saturated rings. The van der Waals surface area contributed by atoms with Gasteiger partial charge in [-0.05, 0) is 37.8 Å². The number of rotatable bonds is 4. The van der Waals surface area contributed by atoms with E-state index in [1.807, 2.05) is 12.5 Å². The number of nitrogens with zero attached hydrogens (tertiary/aromatic N) is 2. The predicted molar refractivity (Wildman–Crippen MR) is 73.7 cm³/mol. The van der Waals surface area contributed by atoms with Gasteiger partial charge in [0.1, 0.15) is 0 Å². The van der Waals surface area contributed by atoms with Crippen molar-refractivity contribution in [1.82, 2.24) is 9.55 Å². The summed E-state index contributed by atoms with van der Waals surface area (Å²) in [6.45, 7) is 5.14. The summed E-state index contributed by atoms with van der Waals surface area (Å²) in [7, 11) is 0. The molecule has 94 valence electrons. The first-order valence-corrected chi connectivity index (χ1v) is 6.56. The highest BCUT2D eigenvalue weighted by Crippen LogP contribution is 2.35. The summed E-state index contributed by atoms with van der Waals surface area (Å²) in [6.07, 6.45) is 6.53. The van der Waals surface area contributed by atoms with Crippen molar-refractivity contribution in [3.63, 3.8) is 0 Å². The second-order valence-electron chi connectivity index (χ2n) is 5.14. The van der Waals surface area contributed by atoms with Crippen molar-refractivity contribution in [1.29, 1.82) is 0 Å². The van der Waals surface area contributed by atoms with E-state index in [1.54, 1.807) is 0 Å². The maximum absolute atomic E-state index is 4.26. The van der Waals surface area contributed by atoms with Crippen molar-refractivity contribution < 1.29 is 0 Å². The van der Waals surface area contributed by atoms with E-state index in [-0.39, 0.29) is 0 Å². The van der Waals surface area contributed by atoms with Gasteiger partial charge < -0.3 is 9.88 Å². The Kier molecular flexibility index (Phi) is 2.82.